The van der Waals surface area contributed by atoms with Gasteiger partial charge in [0.2, 0.25) is 5.91 Å². The summed E-state index contributed by atoms with van der Waals surface area (Å²) < 4.78 is 5.52. The molecule has 1 aliphatic carbocycles. The molecule has 0 spiro atoms. The van der Waals surface area contributed by atoms with Crippen LogP contribution in [0.2, 0.25) is 0 Å². The Morgan fingerprint density at radius 3 is 2.72 bits per heavy atom. The molecule has 3 aromatic rings. The Labute approximate surface area is 211 Å². The number of hydrogen-bond acceptors (Lipinski definition) is 4. The minimum absolute atomic E-state index is 0.0436. The minimum atomic E-state index is -0.200. The molecule has 0 unspecified atom stereocenters. The summed E-state index contributed by atoms with van der Waals surface area (Å²) in [5.74, 6) is 0.153. The fourth-order valence-corrected chi connectivity index (χ4v) is 6.68. The first kappa shape index (κ1) is 23.1. The van der Waals surface area contributed by atoms with Crippen LogP contribution in [0.4, 0.5) is 5.69 Å². The van der Waals surface area contributed by atoms with Crippen LogP contribution in [0.5, 0.6) is 0 Å². The van der Waals surface area contributed by atoms with Crippen molar-refractivity contribution >= 4 is 28.4 Å². The van der Waals surface area contributed by atoms with Gasteiger partial charge in [-0.1, -0.05) is 49.2 Å². The van der Waals surface area contributed by atoms with Gasteiger partial charge in [-0.05, 0) is 43.0 Å². The maximum atomic E-state index is 14.1. The molecule has 188 valence electrons. The Balaban J connectivity index is 1.24. The summed E-state index contributed by atoms with van der Waals surface area (Å²) in [6.45, 7) is 1.35. The summed E-state index contributed by atoms with van der Waals surface area (Å²) in [5.41, 5.74) is 3.77. The van der Waals surface area contributed by atoms with Gasteiger partial charge >= 0.3 is 0 Å². The number of nitrogens with zero attached hydrogens (tertiary/aromatic N) is 1. The number of para-hydroxylation sites is 2. The minimum Gasteiger partial charge on any atom is -0.383 e. The molecule has 0 bridgehead atoms. The van der Waals surface area contributed by atoms with E-state index in [-0.39, 0.29) is 35.9 Å². The predicted molar refractivity (Wildman–Crippen MR) is 140 cm³/mol. The average Bonchev–Trinajstić information content (AvgIpc) is 3.54. The Bertz CT molecular complexity index is 1240. The fraction of sp³-hybridized carbons (Fsp3) is 0.448. The van der Waals surface area contributed by atoms with Gasteiger partial charge < -0.3 is 25.3 Å². The number of H-pyrrole nitrogens is 1. The van der Waals surface area contributed by atoms with Crippen LogP contribution in [0, 0.1) is 11.8 Å². The van der Waals surface area contributed by atoms with Gasteiger partial charge in [-0.15, -0.1) is 0 Å². The highest BCUT2D eigenvalue weighted by molar-refractivity contribution is 5.98. The summed E-state index contributed by atoms with van der Waals surface area (Å²) in [4.78, 5) is 32.6. The van der Waals surface area contributed by atoms with Gasteiger partial charge in [0.05, 0.1) is 24.6 Å². The molecular weight excluding hydrogens is 452 g/mol. The zero-order chi connectivity index (χ0) is 24.6. The number of benzene rings is 2. The van der Waals surface area contributed by atoms with Crippen molar-refractivity contribution in [3.05, 3.63) is 65.9 Å². The van der Waals surface area contributed by atoms with Crippen LogP contribution in [-0.4, -0.2) is 54.0 Å². The van der Waals surface area contributed by atoms with E-state index in [9.17, 15) is 9.59 Å². The largest absolute Gasteiger partial charge is 0.383 e. The molecular formula is C29H34N4O3. The van der Waals surface area contributed by atoms with Gasteiger partial charge in [0.15, 0.2) is 0 Å². The van der Waals surface area contributed by atoms with Crippen LogP contribution in [0.15, 0.2) is 54.6 Å². The molecule has 7 heteroatoms. The van der Waals surface area contributed by atoms with E-state index in [1.165, 1.54) is 5.56 Å². The van der Waals surface area contributed by atoms with Gasteiger partial charge in [-0.2, -0.15) is 0 Å². The molecule has 3 aliphatic rings. The third-order valence-corrected chi connectivity index (χ3v) is 8.39. The zero-order valence-electron chi connectivity index (χ0n) is 20.7. The molecule has 3 N–H and O–H groups in total. The van der Waals surface area contributed by atoms with Gasteiger partial charge in [0, 0.05) is 42.2 Å². The Morgan fingerprint density at radius 1 is 1.06 bits per heavy atom. The van der Waals surface area contributed by atoms with Crippen LogP contribution < -0.4 is 10.6 Å². The van der Waals surface area contributed by atoms with E-state index in [2.05, 4.69) is 38.7 Å². The van der Waals surface area contributed by atoms with Gasteiger partial charge in [-0.25, -0.2) is 0 Å². The SMILES string of the molecule is COC[C@@H]1Nc2ccccc2[C@H]2[C@@H]1CCN2C(=O)[C@H]1CCCC[C@H]1NC(=O)c1cc2ccccc2[nH]1. The predicted octanol–water partition coefficient (Wildman–Crippen LogP) is 4.49. The lowest BCUT2D eigenvalue weighted by Gasteiger charge is -2.41. The van der Waals surface area contributed by atoms with Crippen LogP contribution in [0.3, 0.4) is 0 Å². The van der Waals surface area contributed by atoms with Crippen molar-refractivity contribution in [2.45, 2.75) is 50.2 Å². The van der Waals surface area contributed by atoms with Crippen molar-refractivity contribution in [3.63, 3.8) is 0 Å². The molecule has 36 heavy (non-hydrogen) atoms. The molecule has 3 heterocycles. The maximum absolute atomic E-state index is 14.1. The number of likely N-dealkylation sites (tertiary alicyclic amines) is 1. The van der Waals surface area contributed by atoms with E-state index in [1.54, 1.807) is 7.11 Å². The van der Waals surface area contributed by atoms with Crippen molar-refractivity contribution in [2.75, 3.05) is 25.6 Å². The number of hydrogen-bond donors (Lipinski definition) is 3. The van der Waals surface area contributed by atoms with Crippen molar-refractivity contribution in [2.24, 2.45) is 11.8 Å². The Hall–Kier alpha value is -3.32. The van der Waals surface area contributed by atoms with E-state index in [4.69, 9.17) is 4.74 Å². The zero-order valence-corrected chi connectivity index (χ0v) is 20.7. The number of methoxy groups -OCH3 is 1. The first-order chi connectivity index (χ1) is 17.6. The number of anilines is 1. The Kier molecular flexibility index (Phi) is 6.17. The molecule has 1 saturated carbocycles. The number of fused-ring (bicyclic) bond motifs is 4. The quantitative estimate of drug-likeness (QED) is 0.496. The van der Waals surface area contributed by atoms with Gasteiger partial charge in [0.1, 0.15) is 5.69 Å². The topological polar surface area (TPSA) is 86.5 Å². The molecule has 2 fully saturated rings. The maximum Gasteiger partial charge on any atom is 0.267 e. The molecule has 1 saturated heterocycles. The average molecular weight is 487 g/mol. The van der Waals surface area contributed by atoms with Gasteiger partial charge in [-0.3, -0.25) is 9.59 Å². The van der Waals surface area contributed by atoms with Crippen molar-refractivity contribution in [1.82, 2.24) is 15.2 Å². The molecule has 2 amide bonds. The summed E-state index contributed by atoms with van der Waals surface area (Å²) in [6, 6.07) is 18.2. The molecule has 2 aliphatic heterocycles. The Morgan fingerprint density at radius 2 is 1.86 bits per heavy atom. The van der Waals surface area contributed by atoms with Crippen LogP contribution in [-0.2, 0) is 9.53 Å². The standard InChI is InChI=1S/C29H34N4O3/c1-36-17-26-20-14-15-33(27(20)19-9-3-6-12-23(19)31-26)29(35)21-10-4-7-13-24(21)32-28(34)25-16-18-8-2-5-11-22(18)30-25/h2-3,5-6,8-9,11-12,16,20-21,24,26-27,30-31H,4,7,10,13-15,17H2,1H3,(H,32,34)/t20-,21+,24-,26+,27+/m1/s1. The third-order valence-electron chi connectivity index (χ3n) is 8.39. The number of ether oxygens (including phenoxy) is 1. The second kappa shape index (κ2) is 9.62. The summed E-state index contributed by atoms with van der Waals surface area (Å²) >= 11 is 0. The number of aromatic amines is 1. The number of nitrogens with one attached hydrogen (secondary N) is 3. The van der Waals surface area contributed by atoms with E-state index >= 15 is 0 Å². The number of carbonyl (C=O) groups excluding carboxylic acids is 2. The summed E-state index contributed by atoms with van der Waals surface area (Å²) in [7, 11) is 1.73. The summed E-state index contributed by atoms with van der Waals surface area (Å²) in [5, 5.41) is 7.88. The fourth-order valence-electron chi connectivity index (χ4n) is 6.68. The van der Waals surface area contributed by atoms with E-state index < -0.39 is 0 Å². The van der Waals surface area contributed by atoms with Crippen molar-refractivity contribution < 1.29 is 14.3 Å². The number of aromatic nitrogens is 1. The summed E-state index contributed by atoms with van der Waals surface area (Å²) in [6.07, 6.45) is 4.63. The molecule has 7 nitrogen and oxygen atoms in total. The smallest absolute Gasteiger partial charge is 0.267 e. The van der Waals surface area contributed by atoms with Crippen LogP contribution >= 0.6 is 0 Å². The number of rotatable bonds is 5. The lowest BCUT2D eigenvalue weighted by atomic mass is 9.81. The van der Waals surface area contributed by atoms with Crippen molar-refractivity contribution in [1.29, 1.82) is 0 Å². The van der Waals surface area contributed by atoms with E-state index in [1.807, 2.05) is 36.4 Å². The van der Waals surface area contributed by atoms with Crippen LogP contribution in [0.1, 0.15) is 54.2 Å². The van der Waals surface area contributed by atoms with Crippen LogP contribution in [0.25, 0.3) is 10.9 Å². The molecule has 6 rings (SSSR count). The first-order valence-corrected chi connectivity index (χ1v) is 13.2. The normalized spacial score (nSPS) is 27.2. The molecule has 2 aromatic carbocycles. The highest BCUT2D eigenvalue weighted by Gasteiger charge is 2.48. The first-order valence-electron chi connectivity index (χ1n) is 13.2. The highest BCUT2D eigenvalue weighted by atomic mass is 16.5. The lowest BCUT2D eigenvalue weighted by molar-refractivity contribution is -0.139. The third kappa shape index (κ3) is 4.05. The molecule has 0 radical (unpaired) electrons. The monoisotopic (exact) mass is 486 g/mol. The lowest BCUT2D eigenvalue weighted by Crippen LogP contribution is -2.50. The second-order valence-corrected chi connectivity index (χ2v) is 10.5. The molecule has 1 aromatic heterocycles. The van der Waals surface area contributed by atoms with Crippen molar-refractivity contribution in [3.8, 4) is 0 Å². The van der Waals surface area contributed by atoms with E-state index in [0.29, 0.717) is 18.2 Å². The van der Waals surface area contributed by atoms with E-state index in [0.717, 1.165) is 55.2 Å². The van der Waals surface area contributed by atoms with Gasteiger partial charge in [0.25, 0.3) is 5.91 Å². The molecule has 5 atom stereocenters. The number of carbonyl (C=O) groups is 2. The highest BCUT2D eigenvalue weighted by Crippen LogP contribution is 2.47. The number of amides is 2. The second-order valence-electron chi connectivity index (χ2n) is 10.5.